The molecule has 4 atom stereocenters. The summed E-state index contributed by atoms with van der Waals surface area (Å²) in [5.74, 6) is -0.524. The van der Waals surface area contributed by atoms with Gasteiger partial charge in [0.25, 0.3) is 0 Å². The van der Waals surface area contributed by atoms with Crippen LogP contribution < -0.4 is 5.32 Å². The molecule has 3 unspecified atom stereocenters. The number of hydrogen-bond donors (Lipinski definition) is 1. The number of amides is 1. The van der Waals surface area contributed by atoms with Crippen LogP contribution in [-0.2, 0) is 10.3 Å². The standard InChI is InChI=1S/C27H24N2O2/c30-25(19-12-5-2-6-13-19)24-23(18-10-3-1-4-11-18)22-16-9-17-29(22)27(24)20-14-7-8-15-21(20)28-26(27)31/h1-8,10-15,22-24H,9,16-17H2,(H,28,31)/t22?,23?,24?,27-/m1/s1. The van der Waals surface area contributed by atoms with Gasteiger partial charge in [-0.25, -0.2) is 0 Å². The summed E-state index contributed by atoms with van der Waals surface area (Å²) in [6.45, 7) is 0.828. The predicted molar refractivity (Wildman–Crippen MR) is 120 cm³/mol. The number of benzene rings is 3. The van der Waals surface area contributed by atoms with E-state index in [4.69, 9.17) is 0 Å². The summed E-state index contributed by atoms with van der Waals surface area (Å²) < 4.78 is 0. The van der Waals surface area contributed by atoms with Crippen molar-refractivity contribution in [3.05, 3.63) is 102 Å². The molecule has 0 radical (unpaired) electrons. The van der Waals surface area contributed by atoms with E-state index in [1.165, 1.54) is 0 Å². The summed E-state index contributed by atoms with van der Waals surface area (Å²) in [6.07, 6.45) is 2.03. The van der Waals surface area contributed by atoms with E-state index in [0.717, 1.165) is 36.2 Å². The van der Waals surface area contributed by atoms with E-state index in [0.29, 0.717) is 5.56 Å². The zero-order valence-electron chi connectivity index (χ0n) is 17.2. The molecule has 0 aromatic heterocycles. The molecule has 2 fully saturated rings. The van der Waals surface area contributed by atoms with E-state index in [9.17, 15) is 9.59 Å². The zero-order valence-corrected chi connectivity index (χ0v) is 17.2. The zero-order chi connectivity index (χ0) is 21.0. The van der Waals surface area contributed by atoms with Crippen molar-refractivity contribution in [3.63, 3.8) is 0 Å². The van der Waals surface area contributed by atoms with Gasteiger partial charge in [-0.05, 0) is 31.0 Å². The van der Waals surface area contributed by atoms with Crippen LogP contribution in [0.15, 0.2) is 84.9 Å². The number of carbonyl (C=O) groups is 2. The van der Waals surface area contributed by atoms with E-state index >= 15 is 0 Å². The summed E-state index contributed by atoms with van der Waals surface area (Å²) in [7, 11) is 0. The Morgan fingerprint density at radius 1 is 0.903 bits per heavy atom. The van der Waals surface area contributed by atoms with Crippen LogP contribution >= 0.6 is 0 Å². The largest absolute Gasteiger partial charge is 0.324 e. The molecule has 31 heavy (non-hydrogen) atoms. The van der Waals surface area contributed by atoms with Crippen molar-refractivity contribution in [2.75, 3.05) is 11.9 Å². The molecule has 1 N–H and O–H groups in total. The van der Waals surface area contributed by atoms with E-state index in [-0.39, 0.29) is 23.7 Å². The Kier molecular flexibility index (Phi) is 4.12. The second-order valence-corrected chi connectivity index (χ2v) is 8.81. The monoisotopic (exact) mass is 408 g/mol. The van der Waals surface area contributed by atoms with Gasteiger partial charge < -0.3 is 5.32 Å². The van der Waals surface area contributed by atoms with Gasteiger partial charge in [0.05, 0.1) is 5.92 Å². The lowest BCUT2D eigenvalue weighted by Gasteiger charge is -2.36. The number of carbonyl (C=O) groups excluding carboxylic acids is 2. The number of anilines is 1. The summed E-state index contributed by atoms with van der Waals surface area (Å²) >= 11 is 0. The molecule has 3 aliphatic rings. The molecule has 1 amide bonds. The first kappa shape index (κ1) is 18.5. The van der Waals surface area contributed by atoms with Crippen LogP contribution in [0.1, 0.15) is 40.2 Å². The van der Waals surface area contributed by atoms with Crippen LogP contribution in [0.5, 0.6) is 0 Å². The lowest BCUT2D eigenvalue weighted by atomic mass is 9.69. The number of ketones is 1. The fourth-order valence-corrected chi connectivity index (χ4v) is 6.35. The van der Waals surface area contributed by atoms with Crippen LogP contribution in [0, 0.1) is 5.92 Å². The average molecular weight is 409 g/mol. The van der Waals surface area contributed by atoms with E-state index < -0.39 is 11.5 Å². The first-order chi connectivity index (χ1) is 15.2. The highest BCUT2D eigenvalue weighted by Crippen LogP contribution is 2.61. The van der Waals surface area contributed by atoms with Crippen molar-refractivity contribution in [2.45, 2.75) is 30.3 Å². The number of para-hydroxylation sites is 1. The number of fused-ring (bicyclic) bond motifs is 4. The minimum absolute atomic E-state index is 0.0340. The van der Waals surface area contributed by atoms with Gasteiger partial charge in [-0.3, -0.25) is 14.5 Å². The average Bonchev–Trinajstić information content (AvgIpc) is 3.48. The number of nitrogens with zero attached hydrogens (tertiary/aromatic N) is 1. The molecule has 3 aliphatic heterocycles. The van der Waals surface area contributed by atoms with Crippen LogP contribution in [-0.4, -0.2) is 29.2 Å². The Balaban J connectivity index is 1.62. The van der Waals surface area contributed by atoms with Crippen LogP contribution in [0.2, 0.25) is 0 Å². The Labute approximate surface area is 181 Å². The maximum absolute atomic E-state index is 14.2. The molecular weight excluding hydrogens is 384 g/mol. The first-order valence-corrected chi connectivity index (χ1v) is 11.0. The summed E-state index contributed by atoms with van der Waals surface area (Å²) in [4.78, 5) is 30.3. The van der Waals surface area contributed by atoms with Crippen LogP contribution in [0.3, 0.4) is 0 Å². The Bertz CT molecular complexity index is 1160. The molecule has 0 bridgehead atoms. The fourth-order valence-electron chi connectivity index (χ4n) is 6.35. The second-order valence-electron chi connectivity index (χ2n) is 8.81. The minimum atomic E-state index is -0.967. The smallest absolute Gasteiger partial charge is 0.250 e. The molecule has 0 saturated carbocycles. The molecule has 3 heterocycles. The topological polar surface area (TPSA) is 49.4 Å². The van der Waals surface area contributed by atoms with Crippen molar-refractivity contribution < 1.29 is 9.59 Å². The molecule has 3 aromatic rings. The number of nitrogens with one attached hydrogen (secondary N) is 1. The number of hydrogen-bond acceptors (Lipinski definition) is 3. The quantitative estimate of drug-likeness (QED) is 0.645. The van der Waals surface area contributed by atoms with Gasteiger partial charge in [0.15, 0.2) is 5.78 Å². The Morgan fingerprint density at radius 3 is 2.35 bits per heavy atom. The molecular formula is C27H24N2O2. The predicted octanol–water partition coefficient (Wildman–Crippen LogP) is 4.59. The molecule has 0 aliphatic carbocycles. The second kappa shape index (κ2) is 6.89. The van der Waals surface area contributed by atoms with E-state index in [1.807, 2.05) is 72.8 Å². The maximum Gasteiger partial charge on any atom is 0.250 e. The normalized spacial score (nSPS) is 29.0. The third-order valence-electron chi connectivity index (χ3n) is 7.43. The van der Waals surface area contributed by atoms with Crippen molar-refractivity contribution in [1.29, 1.82) is 0 Å². The molecule has 3 aromatic carbocycles. The lowest BCUT2D eigenvalue weighted by molar-refractivity contribution is -0.127. The van der Waals surface area contributed by atoms with E-state index in [1.54, 1.807) is 0 Å². The highest BCUT2D eigenvalue weighted by atomic mass is 16.2. The Hall–Kier alpha value is -3.24. The third-order valence-corrected chi connectivity index (χ3v) is 7.43. The van der Waals surface area contributed by atoms with E-state index in [2.05, 4.69) is 22.3 Å². The van der Waals surface area contributed by atoms with Gasteiger partial charge in [-0.15, -0.1) is 0 Å². The Morgan fingerprint density at radius 2 is 1.58 bits per heavy atom. The van der Waals surface area contributed by atoms with Crippen LogP contribution in [0.25, 0.3) is 0 Å². The van der Waals surface area contributed by atoms with Gasteiger partial charge >= 0.3 is 0 Å². The van der Waals surface area contributed by atoms with Crippen molar-refractivity contribution in [3.8, 4) is 0 Å². The van der Waals surface area contributed by atoms with Gasteiger partial charge in [0.1, 0.15) is 5.54 Å². The molecule has 4 heteroatoms. The SMILES string of the molecule is O=C(c1ccccc1)C1C(c2ccccc2)C2CCCN2[C@@]12C(=O)Nc1ccccc12. The van der Waals surface area contributed by atoms with Gasteiger partial charge in [0, 0.05) is 28.8 Å². The maximum atomic E-state index is 14.2. The molecule has 1 spiro atoms. The first-order valence-electron chi connectivity index (χ1n) is 11.0. The number of rotatable bonds is 3. The third kappa shape index (κ3) is 2.45. The molecule has 2 saturated heterocycles. The summed E-state index contributed by atoms with van der Waals surface area (Å²) in [5.41, 5.74) is 2.62. The highest BCUT2D eigenvalue weighted by Gasteiger charge is 2.69. The van der Waals surface area contributed by atoms with Gasteiger partial charge in [0.2, 0.25) is 5.91 Å². The van der Waals surface area contributed by atoms with Gasteiger partial charge in [-0.1, -0.05) is 78.9 Å². The van der Waals surface area contributed by atoms with Crippen molar-refractivity contribution >= 4 is 17.4 Å². The highest BCUT2D eigenvalue weighted by molar-refractivity contribution is 6.12. The minimum Gasteiger partial charge on any atom is -0.324 e. The summed E-state index contributed by atoms with van der Waals surface area (Å²) in [6, 6.07) is 27.8. The fraction of sp³-hybridized carbons (Fsp3) is 0.259. The van der Waals surface area contributed by atoms with Crippen molar-refractivity contribution in [2.24, 2.45) is 5.92 Å². The molecule has 4 nitrogen and oxygen atoms in total. The van der Waals surface area contributed by atoms with Gasteiger partial charge in [-0.2, -0.15) is 0 Å². The summed E-state index contributed by atoms with van der Waals surface area (Å²) in [5, 5.41) is 3.12. The number of Topliss-reactive ketones (excluding diaryl/α,β-unsaturated/α-hetero) is 1. The van der Waals surface area contributed by atoms with Crippen molar-refractivity contribution in [1.82, 2.24) is 4.90 Å². The van der Waals surface area contributed by atoms with Crippen LogP contribution in [0.4, 0.5) is 5.69 Å². The molecule has 154 valence electrons. The molecule has 6 rings (SSSR count). The lowest BCUT2D eigenvalue weighted by Crippen LogP contribution is -2.52.